The lowest BCUT2D eigenvalue weighted by Crippen LogP contribution is -2.14. The highest BCUT2D eigenvalue weighted by atomic mass is 35.5. The van der Waals surface area contributed by atoms with Gasteiger partial charge in [-0.15, -0.1) is 35.1 Å². The maximum absolute atomic E-state index is 11.0. The minimum atomic E-state index is -0.281. The van der Waals surface area contributed by atoms with Crippen molar-refractivity contribution >= 4 is 53.7 Å². The Morgan fingerprint density at radius 2 is 0.792 bits per heavy atom. The lowest BCUT2D eigenvalue weighted by molar-refractivity contribution is -0.115. The van der Waals surface area contributed by atoms with Crippen LogP contribution < -0.4 is 5.73 Å². The Morgan fingerprint density at radius 1 is 0.528 bits per heavy atom. The van der Waals surface area contributed by atoms with Gasteiger partial charge in [0.05, 0.1) is 39.4 Å². The van der Waals surface area contributed by atoms with E-state index in [-0.39, 0.29) is 27.5 Å². The van der Waals surface area contributed by atoms with Crippen molar-refractivity contribution < 1.29 is 4.79 Å². The van der Waals surface area contributed by atoms with Crippen LogP contribution in [-0.4, -0.2) is 23.3 Å². The minimum absolute atomic E-state index is 0.0972. The SMILES string of the molecule is N#CCCl.N#CCSC(c1ccccc1)c1ccccc1.NC(=O)CSC(c1ccccc1)c1ccccc1.SC(c1ccccc1)c1ccccc1. The van der Waals surface area contributed by atoms with Gasteiger partial charge in [0.25, 0.3) is 0 Å². The van der Waals surface area contributed by atoms with Gasteiger partial charge in [-0.2, -0.15) is 23.2 Å². The van der Waals surface area contributed by atoms with Gasteiger partial charge in [0, 0.05) is 0 Å². The first-order valence-electron chi connectivity index (χ1n) is 16.8. The standard InChI is InChI=1S/C15H15NOS.C15H13NS.C13H12S.C2H2ClN/c16-14(17)11-18-15(12-7-3-1-4-8-12)13-9-5-2-6-10-13;16-11-12-17-15(13-7-3-1-4-8-13)14-9-5-2-6-10-14;14-13(11-7-3-1-4-8-11)12-9-5-2-6-10-12;3-1-2-4/h1-10,15H,11H2,(H2,16,17);1-10,15H,12H2;1-10,13-14H;1H2. The molecule has 0 radical (unpaired) electrons. The van der Waals surface area contributed by atoms with Crippen LogP contribution in [0.5, 0.6) is 0 Å². The van der Waals surface area contributed by atoms with E-state index < -0.39 is 0 Å². The molecule has 0 aliphatic rings. The number of nitrogens with zero attached hydrogens (tertiary/aromatic N) is 2. The molecule has 0 saturated carbocycles. The zero-order valence-electron chi connectivity index (χ0n) is 29.2. The van der Waals surface area contributed by atoms with Crippen molar-refractivity contribution in [3.8, 4) is 12.1 Å². The monoisotopic (exact) mass is 771 g/mol. The molecule has 0 bridgehead atoms. The Morgan fingerprint density at radius 3 is 1.04 bits per heavy atom. The fourth-order valence-electron chi connectivity index (χ4n) is 5.03. The number of halogens is 1. The normalized spacial score (nSPS) is 9.94. The summed E-state index contributed by atoms with van der Waals surface area (Å²) in [6, 6.07) is 65.5. The van der Waals surface area contributed by atoms with E-state index in [1.807, 2.05) is 109 Å². The van der Waals surface area contributed by atoms with Crippen LogP contribution in [0.15, 0.2) is 182 Å². The third-order valence-electron chi connectivity index (χ3n) is 7.41. The number of hydrogen-bond donors (Lipinski definition) is 2. The smallest absolute Gasteiger partial charge is 0.227 e. The number of primary amides is 1. The van der Waals surface area contributed by atoms with Crippen LogP contribution in [0.4, 0.5) is 0 Å². The molecule has 1 amide bonds. The molecule has 0 aliphatic carbocycles. The van der Waals surface area contributed by atoms with Crippen LogP contribution in [0, 0.1) is 22.7 Å². The van der Waals surface area contributed by atoms with Crippen LogP contribution in [0.25, 0.3) is 0 Å². The summed E-state index contributed by atoms with van der Waals surface area (Å²) in [5, 5.41) is 16.8. The predicted octanol–water partition coefficient (Wildman–Crippen LogP) is 11.5. The molecule has 0 saturated heterocycles. The van der Waals surface area contributed by atoms with Gasteiger partial charge in [-0.1, -0.05) is 182 Å². The molecule has 268 valence electrons. The first-order chi connectivity index (χ1) is 26.0. The predicted molar refractivity (Wildman–Crippen MR) is 229 cm³/mol. The molecule has 6 rings (SSSR count). The van der Waals surface area contributed by atoms with Gasteiger partial charge in [0.15, 0.2) is 0 Å². The summed E-state index contributed by atoms with van der Waals surface area (Å²) < 4.78 is 0. The molecule has 2 N–H and O–H groups in total. The van der Waals surface area contributed by atoms with Gasteiger partial charge in [0.1, 0.15) is 5.88 Å². The Hall–Kier alpha value is -4.89. The molecular formula is C45H42ClN3OS3. The average molecular weight is 773 g/mol. The number of hydrogen-bond acceptors (Lipinski definition) is 6. The molecule has 53 heavy (non-hydrogen) atoms. The molecule has 0 spiro atoms. The Labute approximate surface area is 333 Å². The lowest BCUT2D eigenvalue weighted by Gasteiger charge is -2.16. The second kappa shape index (κ2) is 26.0. The summed E-state index contributed by atoms with van der Waals surface area (Å²) >= 11 is 12.7. The molecule has 6 aromatic carbocycles. The van der Waals surface area contributed by atoms with E-state index in [9.17, 15) is 4.79 Å². The number of amides is 1. The number of thioether (sulfide) groups is 2. The average Bonchev–Trinajstić information content (AvgIpc) is 3.23. The van der Waals surface area contributed by atoms with E-state index in [0.29, 0.717) is 11.5 Å². The zero-order chi connectivity index (χ0) is 37.9. The number of nitrogens with two attached hydrogens (primary N) is 1. The Bertz CT molecular complexity index is 1810. The number of thiol groups is 1. The van der Waals surface area contributed by atoms with Crippen molar-refractivity contribution in [2.24, 2.45) is 5.73 Å². The first-order valence-corrected chi connectivity index (χ1v) is 19.9. The van der Waals surface area contributed by atoms with E-state index in [1.165, 1.54) is 33.4 Å². The molecule has 0 fully saturated rings. The molecule has 0 atom stereocenters. The second-order valence-corrected chi connectivity index (χ2v) is 14.1. The molecule has 0 heterocycles. The van der Waals surface area contributed by atoms with Crippen LogP contribution in [0.1, 0.15) is 49.1 Å². The number of carbonyl (C=O) groups is 1. The number of nitriles is 2. The van der Waals surface area contributed by atoms with Gasteiger partial charge in [-0.3, -0.25) is 4.79 Å². The van der Waals surface area contributed by atoms with Crippen molar-refractivity contribution in [2.45, 2.75) is 15.7 Å². The summed E-state index contributed by atoms with van der Waals surface area (Å²) in [6.45, 7) is 0. The summed E-state index contributed by atoms with van der Waals surface area (Å²) in [5.74, 6) is 0.653. The Balaban J connectivity index is 0.000000205. The van der Waals surface area contributed by atoms with Gasteiger partial charge in [0.2, 0.25) is 5.91 Å². The zero-order valence-corrected chi connectivity index (χ0v) is 32.5. The van der Waals surface area contributed by atoms with Crippen LogP contribution >= 0.6 is 47.8 Å². The first kappa shape index (κ1) is 42.5. The van der Waals surface area contributed by atoms with Crippen molar-refractivity contribution in [1.82, 2.24) is 0 Å². The highest BCUT2D eigenvalue weighted by Crippen LogP contribution is 2.36. The lowest BCUT2D eigenvalue weighted by atomic mass is 10.0. The maximum Gasteiger partial charge on any atom is 0.227 e. The maximum atomic E-state index is 11.0. The molecule has 0 unspecified atom stereocenters. The van der Waals surface area contributed by atoms with E-state index in [1.54, 1.807) is 29.6 Å². The Kier molecular flexibility index (Phi) is 20.8. The van der Waals surface area contributed by atoms with Crippen molar-refractivity contribution in [3.63, 3.8) is 0 Å². The number of alkyl halides is 1. The van der Waals surface area contributed by atoms with Gasteiger partial charge in [-0.25, -0.2) is 0 Å². The molecule has 8 heteroatoms. The molecular weight excluding hydrogens is 730 g/mol. The number of carbonyl (C=O) groups excluding carboxylic acids is 1. The fraction of sp³-hybridized carbons (Fsp3) is 0.133. The molecule has 4 nitrogen and oxygen atoms in total. The number of rotatable bonds is 11. The van der Waals surface area contributed by atoms with E-state index in [0.717, 1.165) is 0 Å². The van der Waals surface area contributed by atoms with Gasteiger partial charge >= 0.3 is 0 Å². The van der Waals surface area contributed by atoms with Crippen LogP contribution in [0.2, 0.25) is 0 Å². The van der Waals surface area contributed by atoms with Crippen molar-refractivity contribution in [1.29, 1.82) is 10.5 Å². The molecule has 6 aromatic rings. The minimum Gasteiger partial charge on any atom is -0.369 e. The summed E-state index contributed by atoms with van der Waals surface area (Å²) in [4.78, 5) is 11.0. The van der Waals surface area contributed by atoms with Crippen LogP contribution in [0.3, 0.4) is 0 Å². The highest BCUT2D eigenvalue weighted by molar-refractivity contribution is 8.00. The largest absolute Gasteiger partial charge is 0.369 e. The second-order valence-electron chi connectivity index (χ2n) is 11.2. The van der Waals surface area contributed by atoms with Crippen LogP contribution in [-0.2, 0) is 4.79 Å². The third kappa shape index (κ3) is 16.1. The van der Waals surface area contributed by atoms with Crippen molar-refractivity contribution in [2.75, 3.05) is 17.4 Å². The van der Waals surface area contributed by atoms with Gasteiger partial charge in [-0.05, 0) is 33.4 Å². The van der Waals surface area contributed by atoms with E-state index in [4.69, 9.17) is 27.9 Å². The topological polar surface area (TPSA) is 90.7 Å². The number of benzene rings is 6. The van der Waals surface area contributed by atoms with E-state index in [2.05, 4.69) is 91.5 Å². The molecule has 0 aromatic heterocycles. The van der Waals surface area contributed by atoms with Gasteiger partial charge < -0.3 is 5.73 Å². The fourth-order valence-corrected chi connectivity index (χ4v) is 7.35. The van der Waals surface area contributed by atoms with E-state index >= 15 is 0 Å². The van der Waals surface area contributed by atoms with Crippen molar-refractivity contribution in [3.05, 3.63) is 215 Å². The highest BCUT2D eigenvalue weighted by Gasteiger charge is 2.15. The summed E-state index contributed by atoms with van der Waals surface area (Å²) in [6.07, 6.45) is 0. The third-order valence-corrected chi connectivity index (χ3v) is 10.6. The quantitative estimate of drug-likeness (QED) is 0.101. The summed E-state index contributed by atoms with van der Waals surface area (Å²) in [7, 11) is 0. The summed E-state index contributed by atoms with van der Waals surface area (Å²) in [5.41, 5.74) is 12.6. The molecule has 0 aliphatic heterocycles.